The predicted molar refractivity (Wildman–Crippen MR) is 99.5 cm³/mol. The van der Waals surface area contributed by atoms with Crippen molar-refractivity contribution >= 4 is 0 Å². The first-order chi connectivity index (χ1) is 12.5. The highest BCUT2D eigenvalue weighted by molar-refractivity contribution is 5.30. The van der Waals surface area contributed by atoms with Crippen LogP contribution in [0.15, 0.2) is 36.7 Å². The Hall–Kier alpha value is -2.44. The average Bonchev–Trinajstić information content (AvgIpc) is 3.23. The third-order valence-electron chi connectivity index (χ3n) is 5.18. The highest BCUT2D eigenvalue weighted by Crippen LogP contribution is 2.23. The first-order valence-corrected chi connectivity index (χ1v) is 9.01. The molecule has 1 aliphatic rings. The van der Waals surface area contributed by atoms with Crippen molar-refractivity contribution in [3.05, 3.63) is 70.6 Å². The van der Waals surface area contributed by atoms with Crippen LogP contribution < -0.4 is 0 Å². The molecule has 6 heteroatoms. The largest absolute Gasteiger partial charge is 0.379 e. The molecule has 0 unspecified atom stereocenters. The van der Waals surface area contributed by atoms with E-state index < -0.39 is 6.10 Å². The van der Waals surface area contributed by atoms with Gasteiger partial charge in [0.05, 0.1) is 17.9 Å². The number of aromatic nitrogens is 4. The molecule has 1 atom stereocenters. The van der Waals surface area contributed by atoms with Crippen LogP contribution in [0, 0.1) is 13.8 Å². The van der Waals surface area contributed by atoms with Gasteiger partial charge in [0.2, 0.25) is 0 Å². The molecule has 136 valence electrons. The van der Waals surface area contributed by atoms with Gasteiger partial charge in [0.1, 0.15) is 5.82 Å². The molecular weight excluding hydrogens is 326 g/mol. The van der Waals surface area contributed by atoms with Crippen LogP contribution in [0.3, 0.4) is 0 Å². The topological polar surface area (TPSA) is 59.1 Å². The van der Waals surface area contributed by atoms with E-state index in [-0.39, 0.29) is 0 Å². The minimum atomic E-state index is -0.791. The molecule has 0 bridgehead atoms. The van der Waals surface area contributed by atoms with E-state index in [9.17, 15) is 5.11 Å². The van der Waals surface area contributed by atoms with Gasteiger partial charge in [-0.05, 0) is 31.0 Å². The number of aliphatic hydroxyl groups excluding tert-OH is 1. The SMILES string of the molecule is Cc1ccc(C)c(CN2CCn3nc([C@H](O)c4nccn4C)cc3C2)c1. The van der Waals surface area contributed by atoms with Crippen molar-refractivity contribution in [1.29, 1.82) is 0 Å². The summed E-state index contributed by atoms with van der Waals surface area (Å²) in [6.45, 7) is 7.89. The second kappa shape index (κ2) is 6.70. The Kier molecular flexibility index (Phi) is 4.38. The molecule has 1 aromatic carbocycles. The molecule has 1 aliphatic heterocycles. The zero-order chi connectivity index (χ0) is 18.3. The fourth-order valence-electron chi connectivity index (χ4n) is 3.60. The Morgan fingerprint density at radius 2 is 2.04 bits per heavy atom. The van der Waals surface area contributed by atoms with Crippen molar-refractivity contribution in [2.45, 2.75) is 39.6 Å². The number of hydrogen-bond acceptors (Lipinski definition) is 4. The summed E-state index contributed by atoms with van der Waals surface area (Å²) in [6, 6.07) is 8.64. The Balaban J connectivity index is 1.52. The average molecular weight is 351 g/mol. The second-order valence-electron chi connectivity index (χ2n) is 7.22. The lowest BCUT2D eigenvalue weighted by atomic mass is 10.0. The van der Waals surface area contributed by atoms with Gasteiger partial charge in [-0.15, -0.1) is 0 Å². The molecular formula is C20H25N5O. The number of benzene rings is 1. The van der Waals surface area contributed by atoms with Crippen molar-refractivity contribution in [1.82, 2.24) is 24.2 Å². The Labute approximate surface area is 153 Å². The standard InChI is InChI=1S/C20H25N5O/c1-14-4-5-15(2)16(10-14)12-24-8-9-25-17(13-24)11-18(22-25)19(26)20-21-6-7-23(20)3/h4-7,10-11,19,26H,8-9,12-13H2,1-3H3/t19-/m0/s1. The maximum atomic E-state index is 10.6. The third kappa shape index (κ3) is 3.18. The maximum absolute atomic E-state index is 10.6. The third-order valence-corrected chi connectivity index (χ3v) is 5.18. The predicted octanol–water partition coefficient (Wildman–Crippen LogP) is 2.33. The van der Waals surface area contributed by atoms with Gasteiger partial charge < -0.3 is 9.67 Å². The molecule has 0 spiro atoms. The van der Waals surface area contributed by atoms with Gasteiger partial charge in [-0.25, -0.2) is 4.98 Å². The molecule has 0 saturated heterocycles. The van der Waals surface area contributed by atoms with Crippen LogP contribution in [0.5, 0.6) is 0 Å². The molecule has 0 radical (unpaired) electrons. The van der Waals surface area contributed by atoms with Gasteiger partial charge in [0, 0.05) is 39.1 Å². The minimum Gasteiger partial charge on any atom is -0.379 e. The van der Waals surface area contributed by atoms with Crippen LogP contribution in [-0.4, -0.2) is 35.9 Å². The summed E-state index contributed by atoms with van der Waals surface area (Å²) < 4.78 is 3.84. The molecule has 1 N–H and O–H groups in total. The van der Waals surface area contributed by atoms with Crippen LogP contribution in [0.25, 0.3) is 0 Å². The fourth-order valence-corrected chi connectivity index (χ4v) is 3.60. The summed E-state index contributed by atoms with van der Waals surface area (Å²) in [5.41, 5.74) is 5.83. The lowest BCUT2D eigenvalue weighted by Gasteiger charge is -2.28. The van der Waals surface area contributed by atoms with E-state index in [0.717, 1.165) is 31.9 Å². The molecule has 3 aromatic rings. The monoisotopic (exact) mass is 351 g/mol. The molecule has 0 saturated carbocycles. The summed E-state index contributed by atoms with van der Waals surface area (Å²) in [6.07, 6.45) is 2.74. The number of imidazole rings is 1. The summed E-state index contributed by atoms with van der Waals surface area (Å²) >= 11 is 0. The van der Waals surface area contributed by atoms with E-state index >= 15 is 0 Å². The highest BCUT2D eigenvalue weighted by atomic mass is 16.3. The number of nitrogens with zero attached hydrogens (tertiary/aromatic N) is 5. The second-order valence-corrected chi connectivity index (χ2v) is 7.22. The lowest BCUT2D eigenvalue weighted by molar-refractivity contribution is 0.194. The molecule has 4 rings (SSSR count). The Morgan fingerprint density at radius 1 is 1.19 bits per heavy atom. The number of fused-ring (bicyclic) bond motifs is 1. The highest BCUT2D eigenvalue weighted by Gasteiger charge is 2.24. The van der Waals surface area contributed by atoms with Crippen molar-refractivity contribution in [2.24, 2.45) is 7.05 Å². The van der Waals surface area contributed by atoms with E-state index in [1.54, 1.807) is 6.20 Å². The minimum absolute atomic E-state index is 0.618. The van der Waals surface area contributed by atoms with Crippen molar-refractivity contribution < 1.29 is 5.11 Å². The Bertz CT molecular complexity index is 926. The lowest BCUT2D eigenvalue weighted by Crippen LogP contribution is -2.33. The summed E-state index contributed by atoms with van der Waals surface area (Å²) in [5.74, 6) is 0.618. The van der Waals surface area contributed by atoms with Crippen molar-refractivity contribution in [2.75, 3.05) is 6.54 Å². The first-order valence-electron chi connectivity index (χ1n) is 9.01. The first kappa shape index (κ1) is 17.0. The molecule has 6 nitrogen and oxygen atoms in total. The number of hydrogen-bond donors (Lipinski definition) is 1. The summed E-state index contributed by atoms with van der Waals surface area (Å²) in [4.78, 5) is 6.68. The van der Waals surface area contributed by atoms with Crippen molar-refractivity contribution in [3.8, 4) is 0 Å². The maximum Gasteiger partial charge on any atom is 0.155 e. The van der Waals surface area contributed by atoms with E-state index in [1.807, 2.05) is 28.6 Å². The van der Waals surface area contributed by atoms with E-state index in [1.165, 1.54) is 16.7 Å². The van der Waals surface area contributed by atoms with Crippen molar-refractivity contribution in [3.63, 3.8) is 0 Å². The zero-order valence-corrected chi connectivity index (χ0v) is 15.6. The Morgan fingerprint density at radius 3 is 2.81 bits per heavy atom. The molecule has 0 fully saturated rings. The van der Waals surface area contributed by atoms with Gasteiger partial charge in [-0.1, -0.05) is 23.8 Å². The summed E-state index contributed by atoms with van der Waals surface area (Å²) in [5, 5.41) is 15.2. The fraction of sp³-hybridized carbons (Fsp3) is 0.400. The van der Waals surface area contributed by atoms with Crippen LogP contribution in [0.4, 0.5) is 0 Å². The van der Waals surface area contributed by atoms with E-state index in [0.29, 0.717) is 11.5 Å². The van der Waals surface area contributed by atoms with Gasteiger partial charge in [-0.2, -0.15) is 5.10 Å². The van der Waals surface area contributed by atoms with Gasteiger partial charge >= 0.3 is 0 Å². The van der Waals surface area contributed by atoms with Gasteiger partial charge in [-0.3, -0.25) is 9.58 Å². The number of aryl methyl sites for hydroxylation is 3. The van der Waals surface area contributed by atoms with E-state index in [2.05, 4.69) is 47.0 Å². The smallest absolute Gasteiger partial charge is 0.155 e. The van der Waals surface area contributed by atoms with Crippen LogP contribution in [0.1, 0.15) is 40.0 Å². The van der Waals surface area contributed by atoms with Crippen LogP contribution >= 0.6 is 0 Å². The molecule has 3 heterocycles. The molecule has 0 aliphatic carbocycles. The normalized spacial score (nSPS) is 15.8. The van der Waals surface area contributed by atoms with Crippen LogP contribution in [-0.2, 0) is 26.7 Å². The number of rotatable bonds is 4. The molecule has 26 heavy (non-hydrogen) atoms. The van der Waals surface area contributed by atoms with Gasteiger partial charge in [0.15, 0.2) is 6.10 Å². The molecule has 2 aromatic heterocycles. The zero-order valence-electron chi connectivity index (χ0n) is 15.6. The number of aliphatic hydroxyl groups is 1. The molecule has 0 amide bonds. The van der Waals surface area contributed by atoms with Crippen LogP contribution in [0.2, 0.25) is 0 Å². The van der Waals surface area contributed by atoms with Gasteiger partial charge in [0.25, 0.3) is 0 Å². The van der Waals surface area contributed by atoms with E-state index in [4.69, 9.17) is 0 Å². The summed E-state index contributed by atoms with van der Waals surface area (Å²) in [7, 11) is 1.88. The quantitative estimate of drug-likeness (QED) is 0.784.